The van der Waals surface area contributed by atoms with Crippen molar-refractivity contribution in [1.29, 1.82) is 0 Å². The second kappa shape index (κ2) is 18.6. The highest BCUT2D eigenvalue weighted by molar-refractivity contribution is 5.69. The lowest BCUT2D eigenvalue weighted by Gasteiger charge is -2.19. The number of alkyl carbamates (subject to hydrolysis) is 1. The van der Waals surface area contributed by atoms with Gasteiger partial charge in [0.1, 0.15) is 5.60 Å². The van der Waals surface area contributed by atoms with E-state index in [0.29, 0.717) is 72.6 Å². The SMILES string of the molecule is COC(=O)CCOCCOCCOCCOCCOCCNC(=O)OC(C)(C)C. The Bertz CT molecular complexity index is 413. The zero-order valence-corrected chi connectivity index (χ0v) is 18.2. The summed E-state index contributed by atoms with van der Waals surface area (Å²) >= 11 is 0. The van der Waals surface area contributed by atoms with Gasteiger partial charge < -0.3 is 38.5 Å². The molecular formula is C19H37NO9. The molecule has 0 aliphatic carbocycles. The maximum atomic E-state index is 11.4. The van der Waals surface area contributed by atoms with Gasteiger partial charge in [-0.05, 0) is 20.8 Å². The highest BCUT2D eigenvalue weighted by Crippen LogP contribution is 2.05. The third-order valence-corrected chi connectivity index (χ3v) is 3.08. The van der Waals surface area contributed by atoms with E-state index in [4.69, 9.17) is 28.4 Å². The van der Waals surface area contributed by atoms with Gasteiger partial charge >= 0.3 is 12.1 Å². The summed E-state index contributed by atoms with van der Waals surface area (Å²) < 4.78 is 36.2. The van der Waals surface area contributed by atoms with E-state index in [0.717, 1.165) is 0 Å². The predicted molar refractivity (Wildman–Crippen MR) is 105 cm³/mol. The second-order valence-corrected chi connectivity index (χ2v) is 6.82. The van der Waals surface area contributed by atoms with Crippen LogP contribution in [0.15, 0.2) is 0 Å². The number of ether oxygens (including phenoxy) is 7. The second-order valence-electron chi connectivity index (χ2n) is 6.82. The lowest BCUT2D eigenvalue weighted by Crippen LogP contribution is -2.34. The molecule has 0 fully saturated rings. The Morgan fingerprint density at radius 1 is 0.690 bits per heavy atom. The van der Waals surface area contributed by atoms with Gasteiger partial charge in [-0.15, -0.1) is 0 Å². The number of esters is 1. The molecule has 0 bridgehead atoms. The standard InChI is InChI=1S/C19H37NO9/c1-19(2,3)29-18(22)20-6-8-25-10-12-27-14-16-28-15-13-26-11-9-24-7-5-17(21)23-4/h5-16H2,1-4H3,(H,20,22). The Morgan fingerprint density at radius 2 is 1.10 bits per heavy atom. The van der Waals surface area contributed by atoms with Crippen molar-refractivity contribution < 1.29 is 42.7 Å². The van der Waals surface area contributed by atoms with Crippen LogP contribution in [0.25, 0.3) is 0 Å². The number of hydrogen-bond acceptors (Lipinski definition) is 9. The molecule has 0 spiro atoms. The van der Waals surface area contributed by atoms with Gasteiger partial charge in [-0.1, -0.05) is 0 Å². The van der Waals surface area contributed by atoms with E-state index in [-0.39, 0.29) is 12.4 Å². The minimum atomic E-state index is -0.506. The summed E-state index contributed by atoms with van der Waals surface area (Å²) in [6, 6.07) is 0. The van der Waals surface area contributed by atoms with Crippen LogP contribution in [0.2, 0.25) is 0 Å². The van der Waals surface area contributed by atoms with Crippen LogP contribution >= 0.6 is 0 Å². The van der Waals surface area contributed by atoms with Crippen LogP contribution in [0.4, 0.5) is 4.79 Å². The van der Waals surface area contributed by atoms with Crippen molar-refractivity contribution >= 4 is 12.1 Å². The maximum absolute atomic E-state index is 11.4. The van der Waals surface area contributed by atoms with Crippen molar-refractivity contribution in [2.24, 2.45) is 0 Å². The molecule has 0 saturated carbocycles. The van der Waals surface area contributed by atoms with Crippen LogP contribution in [-0.2, 0) is 38.0 Å². The monoisotopic (exact) mass is 423 g/mol. The van der Waals surface area contributed by atoms with E-state index < -0.39 is 11.7 Å². The summed E-state index contributed by atoms with van der Waals surface area (Å²) in [7, 11) is 1.35. The largest absolute Gasteiger partial charge is 0.469 e. The fourth-order valence-corrected chi connectivity index (χ4v) is 1.78. The third kappa shape index (κ3) is 22.7. The van der Waals surface area contributed by atoms with Crippen LogP contribution in [-0.4, -0.2) is 97.4 Å². The summed E-state index contributed by atoms with van der Waals surface area (Å²) in [5.41, 5.74) is -0.506. The molecule has 0 aromatic carbocycles. The minimum Gasteiger partial charge on any atom is -0.469 e. The fourth-order valence-electron chi connectivity index (χ4n) is 1.78. The summed E-state index contributed by atoms with van der Waals surface area (Å²) in [5, 5.41) is 2.61. The quantitative estimate of drug-likeness (QED) is 0.256. The van der Waals surface area contributed by atoms with Gasteiger partial charge in [0.15, 0.2) is 0 Å². The average Bonchev–Trinajstić information content (AvgIpc) is 2.65. The van der Waals surface area contributed by atoms with Crippen LogP contribution in [0, 0.1) is 0 Å². The van der Waals surface area contributed by atoms with Gasteiger partial charge in [-0.25, -0.2) is 4.79 Å². The molecule has 0 aliphatic rings. The normalized spacial score (nSPS) is 11.3. The molecule has 0 aromatic rings. The Balaban J connectivity index is 3.15. The first-order valence-electron chi connectivity index (χ1n) is 9.77. The Morgan fingerprint density at radius 3 is 1.52 bits per heavy atom. The third-order valence-electron chi connectivity index (χ3n) is 3.08. The lowest BCUT2D eigenvalue weighted by molar-refractivity contribution is -0.141. The number of hydrogen-bond donors (Lipinski definition) is 1. The molecule has 0 unspecified atom stereocenters. The molecule has 29 heavy (non-hydrogen) atoms. The fraction of sp³-hybridized carbons (Fsp3) is 0.895. The van der Waals surface area contributed by atoms with E-state index in [2.05, 4.69) is 10.1 Å². The summed E-state index contributed by atoms with van der Waals surface area (Å²) in [4.78, 5) is 22.2. The first-order valence-corrected chi connectivity index (χ1v) is 9.77. The molecule has 0 aliphatic heterocycles. The van der Waals surface area contributed by atoms with Crippen molar-refractivity contribution in [1.82, 2.24) is 5.32 Å². The Kier molecular flexibility index (Phi) is 17.6. The predicted octanol–water partition coefficient (Wildman–Crippen LogP) is 1.16. The summed E-state index contributed by atoms with van der Waals surface area (Å²) in [6.45, 7) is 10.2. The molecule has 1 amide bonds. The number of rotatable bonds is 18. The van der Waals surface area contributed by atoms with Crippen molar-refractivity contribution in [3.8, 4) is 0 Å². The van der Waals surface area contributed by atoms with Gasteiger partial charge in [0, 0.05) is 6.54 Å². The van der Waals surface area contributed by atoms with Crippen molar-refractivity contribution in [2.75, 3.05) is 79.7 Å². The number of amides is 1. The van der Waals surface area contributed by atoms with Crippen LogP contribution in [0.1, 0.15) is 27.2 Å². The first-order chi connectivity index (χ1) is 13.8. The van der Waals surface area contributed by atoms with E-state index in [1.807, 2.05) is 20.8 Å². The van der Waals surface area contributed by atoms with E-state index in [1.165, 1.54) is 7.11 Å². The van der Waals surface area contributed by atoms with Crippen molar-refractivity contribution in [3.63, 3.8) is 0 Å². The van der Waals surface area contributed by atoms with Gasteiger partial charge in [0.05, 0.1) is 79.6 Å². The molecule has 0 saturated heterocycles. The molecule has 0 heterocycles. The lowest BCUT2D eigenvalue weighted by atomic mass is 10.2. The highest BCUT2D eigenvalue weighted by atomic mass is 16.6. The van der Waals surface area contributed by atoms with Crippen molar-refractivity contribution in [3.05, 3.63) is 0 Å². The molecule has 0 atom stereocenters. The van der Waals surface area contributed by atoms with Gasteiger partial charge in [0.2, 0.25) is 0 Å². The topological polar surface area (TPSA) is 111 Å². The van der Waals surface area contributed by atoms with Crippen LogP contribution in [0.3, 0.4) is 0 Å². The summed E-state index contributed by atoms with van der Waals surface area (Å²) in [6.07, 6.45) is -0.210. The van der Waals surface area contributed by atoms with E-state index >= 15 is 0 Å². The smallest absolute Gasteiger partial charge is 0.407 e. The molecule has 0 radical (unpaired) electrons. The van der Waals surface area contributed by atoms with Crippen LogP contribution in [0.5, 0.6) is 0 Å². The average molecular weight is 424 g/mol. The summed E-state index contributed by atoms with van der Waals surface area (Å²) in [5.74, 6) is -0.289. The zero-order valence-electron chi connectivity index (χ0n) is 18.2. The van der Waals surface area contributed by atoms with E-state index in [1.54, 1.807) is 0 Å². The van der Waals surface area contributed by atoms with E-state index in [9.17, 15) is 9.59 Å². The van der Waals surface area contributed by atoms with Crippen molar-refractivity contribution in [2.45, 2.75) is 32.8 Å². The molecule has 172 valence electrons. The number of methoxy groups -OCH3 is 1. The molecular weight excluding hydrogens is 386 g/mol. The maximum Gasteiger partial charge on any atom is 0.407 e. The van der Waals surface area contributed by atoms with Gasteiger partial charge in [-0.2, -0.15) is 0 Å². The minimum absolute atomic E-state index is 0.244. The zero-order chi connectivity index (χ0) is 21.8. The number of carbonyl (C=O) groups excluding carboxylic acids is 2. The molecule has 0 rings (SSSR count). The Hall–Kier alpha value is -1.46. The molecule has 0 aromatic heterocycles. The van der Waals surface area contributed by atoms with Gasteiger partial charge in [-0.3, -0.25) is 4.79 Å². The molecule has 1 N–H and O–H groups in total. The number of carbonyl (C=O) groups is 2. The molecule has 10 heteroatoms. The highest BCUT2D eigenvalue weighted by Gasteiger charge is 2.15. The number of nitrogens with one attached hydrogen (secondary N) is 1. The van der Waals surface area contributed by atoms with Gasteiger partial charge in [0.25, 0.3) is 0 Å². The first kappa shape index (κ1) is 27.5. The van der Waals surface area contributed by atoms with Crippen LogP contribution < -0.4 is 5.32 Å². The Labute approximate surface area is 173 Å². The molecule has 10 nitrogen and oxygen atoms in total.